The molecule has 4 rings (SSSR count). The molecule has 0 radical (unpaired) electrons. The van der Waals surface area contributed by atoms with Crippen LogP contribution in [-0.4, -0.2) is 54.0 Å². The predicted molar refractivity (Wildman–Crippen MR) is 132 cm³/mol. The Hall–Kier alpha value is -3.12. The summed E-state index contributed by atoms with van der Waals surface area (Å²) in [5.74, 6) is 1.35. The van der Waals surface area contributed by atoms with E-state index in [4.69, 9.17) is 4.74 Å². The second-order valence-corrected chi connectivity index (χ2v) is 9.64. The van der Waals surface area contributed by atoms with Crippen LogP contribution in [0.4, 0.5) is 4.39 Å². The summed E-state index contributed by atoms with van der Waals surface area (Å²) in [6.07, 6.45) is 1.95. The summed E-state index contributed by atoms with van der Waals surface area (Å²) in [7, 11) is 1.69. The van der Waals surface area contributed by atoms with E-state index in [1.165, 1.54) is 23.4 Å². The molecule has 180 valence electrons. The second-order valence-electron chi connectivity index (χ2n) is 9.64. The van der Waals surface area contributed by atoms with Crippen LogP contribution in [0.3, 0.4) is 0 Å². The highest BCUT2D eigenvalue weighted by molar-refractivity contribution is 5.94. The van der Waals surface area contributed by atoms with Crippen LogP contribution in [0, 0.1) is 17.7 Å². The third kappa shape index (κ3) is 5.86. The number of nitrogens with one attached hydrogen (secondary N) is 1. The summed E-state index contributed by atoms with van der Waals surface area (Å²) in [6.45, 7) is 8.21. The average Bonchev–Trinajstić information content (AvgIpc) is 3.48. The monoisotopic (exact) mass is 463 g/mol. The molecule has 2 atom stereocenters. The maximum atomic E-state index is 13.4. The first-order chi connectivity index (χ1) is 16.4. The third-order valence-corrected chi connectivity index (χ3v) is 6.51. The molecule has 1 amide bonds. The van der Waals surface area contributed by atoms with Crippen molar-refractivity contribution >= 4 is 5.91 Å². The number of methoxy groups -OCH3 is 1. The smallest absolute Gasteiger partial charge is 0.253 e. The summed E-state index contributed by atoms with van der Waals surface area (Å²) < 4.78 is 18.9. The second kappa shape index (κ2) is 10.9. The number of carbonyl (C=O) groups is 1. The number of carbonyl (C=O) groups excluding carboxylic acids is 1. The first-order valence-electron chi connectivity index (χ1n) is 12.0. The van der Waals surface area contributed by atoms with E-state index in [9.17, 15) is 9.18 Å². The molecular formula is C28H34FN3O2. The third-order valence-electron chi connectivity index (χ3n) is 6.51. The van der Waals surface area contributed by atoms with E-state index >= 15 is 0 Å². The number of ether oxygens (including phenoxy) is 1. The molecule has 2 aromatic carbocycles. The number of amides is 1. The Kier molecular flexibility index (Phi) is 7.68. The van der Waals surface area contributed by atoms with Gasteiger partial charge in [-0.15, -0.1) is 0 Å². The van der Waals surface area contributed by atoms with Gasteiger partial charge in [0.1, 0.15) is 11.6 Å². The molecule has 1 aliphatic heterocycles. The molecule has 6 heteroatoms. The van der Waals surface area contributed by atoms with Crippen molar-refractivity contribution in [1.29, 1.82) is 0 Å². The first kappa shape index (κ1) is 24.0. The Morgan fingerprint density at radius 2 is 1.94 bits per heavy atom. The van der Waals surface area contributed by atoms with E-state index in [2.05, 4.69) is 41.9 Å². The number of benzene rings is 2. The van der Waals surface area contributed by atoms with Crippen LogP contribution >= 0.6 is 0 Å². The van der Waals surface area contributed by atoms with Crippen molar-refractivity contribution in [2.24, 2.45) is 11.8 Å². The van der Waals surface area contributed by atoms with Gasteiger partial charge < -0.3 is 14.6 Å². The topological polar surface area (TPSA) is 48.6 Å². The fraction of sp³-hybridized carbons (Fsp3) is 0.393. The Labute approximate surface area is 201 Å². The molecule has 1 aromatic heterocycles. The van der Waals surface area contributed by atoms with Crippen molar-refractivity contribution in [2.45, 2.75) is 26.3 Å². The minimum atomic E-state index is -0.333. The molecule has 3 aromatic rings. The van der Waals surface area contributed by atoms with Crippen molar-refractivity contribution in [3.05, 3.63) is 89.5 Å². The maximum Gasteiger partial charge on any atom is 0.253 e. The number of aromatic amines is 1. The Bertz CT molecular complexity index is 1070. The lowest BCUT2D eigenvalue weighted by Gasteiger charge is -2.30. The van der Waals surface area contributed by atoms with E-state index in [0.717, 1.165) is 25.4 Å². The van der Waals surface area contributed by atoms with Crippen LogP contribution in [0.15, 0.2) is 66.9 Å². The van der Waals surface area contributed by atoms with Crippen LogP contribution < -0.4 is 4.74 Å². The van der Waals surface area contributed by atoms with Gasteiger partial charge in [0.2, 0.25) is 0 Å². The van der Waals surface area contributed by atoms with Gasteiger partial charge >= 0.3 is 0 Å². The van der Waals surface area contributed by atoms with Gasteiger partial charge in [-0.1, -0.05) is 26.0 Å². The van der Waals surface area contributed by atoms with E-state index < -0.39 is 0 Å². The zero-order valence-electron chi connectivity index (χ0n) is 20.2. The van der Waals surface area contributed by atoms with Gasteiger partial charge in [-0.05, 0) is 65.9 Å². The average molecular weight is 464 g/mol. The van der Waals surface area contributed by atoms with Crippen LogP contribution in [-0.2, 0) is 6.54 Å². The number of hydrogen-bond donors (Lipinski definition) is 1. The summed E-state index contributed by atoms with van der Waals surface area (Å²) in [5, 5.41) is 0. The quantitative estimate of drug-likeness (QED) is 0.476. The fourth-order valence-corrected chi connectivity index (χ4v) is 4.97. The Morgan fingerprint density at radius 1 is 1.15 bits per heavy atom. The highest BCUT2D eigenvalue weighted by atomic mass is 19.1. The fourth-order valence-electron chi connectivity index (χ4n) is 4.97. The Balaban J connectivity index is 1.59. The molecule has 0 spiro atoms. The molecule has 2 heterocycles. The molecule has 1 fully saturated rings. The molecule has 0 saturated carbocycles. The van der Waals surface area contributed by atoms with Crippen molar-refractivity contribution in [2.75, 3.05) is 33.3 Å². The zero-order chi connectivity index (χ0) is 24.1. The molecule has 0 aliphatic carbocycles. The summed E-state index contributed by atoms with van der Waals surface area (Å²) in [5.41, 5.74) is 2.95. The van der Waals surface area contributed by atoms with E-state index in [-0.39, 0.29) is 23.6 Å². The highest BCUT2D eigenvalue weighted by Crippen LogP contribution is 2.35. The van der Waals surface area contributed by atoms with Crippen LogP contribution in [0.25, 0.3) is 0 Å². The highest BCUT2D eigenvalue weighted by Gasteiger charge is 2.36. The SMILES string of the molecule is COc1cccc([C@@H]2CN(Cc3ccc[nH]3)C[C@@H]2CN(CC(C)C)C(=O)c2ccc(F)cc2)c1. The van der Waals surface area contributed by atoms with Gasteiger partial charge in [0.25, 0.3) is 5.91 Å². The lowest BCUT2D eigenvalue weighted by Crippen LogP contribution is -2.39. The molecule has 0 unspecified atom stereocenters. The summed E-state index contributed by atoms with van der Waals surface area (Å²) in [4.78, 5) is 21.1. The van der Waals surface area contributed by atoms with Gasteiger partial charge in [0.15, 0.2) is 0 Å². The molecule has 5 nitrogen and oxygen atoms in total. The van der Waals surface area contributed by atoms with Gasteiger partial charge in [-0.2, -0.15) is 0 Å². The van der Waals surface area contributed by atoms with Gasteiger partial charge in [0.05, 0.1) is 7.11 Å². The van der Waals surface area contributed by atoms with E-state index in [1.807, 2.05) is 29.3 Å². The normalized spacial score (nSPS) is 18.4. The van der Waals surface area contributed by atoms with Crippen molar-refractivity contribution in [3.63, 3.8) is 0 Å². The lowest BCUT2D eigenvalue weighted by atomic mass is 9.88. The largest absolute Gasteiger partial charge is 0.497 e. The number of aromatic nitrogens is 1. The standard InChI is InChI=1S/C28H34FN3O2/c1-20(2)15-32(28(33)21-9-11-24(29)12-10-21)17-23-16-31(18-25-7-5-13-30-25)19-27(23)22-6-4-8-26(14-22)34-3/h4-14,20,23,27,30H,15-19H2,1-3H3/t23-,27+/m1/s1. The predicted octanol–water partition coefficient (Wildman–Crippen LogP) is 5.18. The van der Waals surface area contributed by atoms with Crippen molar-refractivity contribution < 1.29 is 13.9 Å². The maximum absolute atomic E-state index is 13.4. The van der Waals surface area contributed by atoms with Gasteiger partial charge in [-0.3, -0.25) is 9.69 Å². The summed E-state index contributed by atoms with van der Waals surface area (Å²) >= 11 is 0. The number of nitrogens with zero attached hydrogens (tertiary/aromatic N) is 2. The molecule has 34 heavy (non-hydrogen) atoms. The van der Waals surface area contributed by atoms with Crippen LogP contribution in [0.5, 0.6) is 5.75 Å². The minimum Gasteiger partial charge on any atom is -0.497 e. The van der Waals surface area contributed by atoms with Gasteiger partial charge in [0, 0.05) is 56.1 Å². The zero-order valence-corrected chi connectivity index (χ0v) is 20.2. The Morgan fingerprint density at radius 3 is 2.62 bits per heavy atom. The van der Waals surface area contributed by atoms with Crippen molar-refractivity contribution in [1.82, 2.24) is 14.8 Å². The molecule has 1 aliphatic rings. The minimum absolute atomic E-state index is 0.0408. The van der Waals surface area contributed by atoms with E-state index in [0.29, 0.717) is 24.6 Å². The number of H-pyrrole nitrogens is 1. The van der Waals surface area contributed by atoms with Gasteiger partial charge in [-0.25, -0.2) is 4.39 Å². The molecule has 1 N–H and O–H groups in total. The number of hydrogen-bond acceptors (Lipinski definition) is 3. The first-order valence-corrected chi connectivity index (χ1v) is 12.0. The molecule has 0 bridgehead atoms. The lowest BCUT2D eigenvalue weighted by molar-refractivity contribution is 0.0703. The van der Waals surface area contributed by atoms with E-state index in [1.54, 1.807) is 19.2 Å². The van der Waals surface area contributed by atoms with Crippen LogP contribution in [0.2, 0.25) is 0 Å². The number of likely N-dealkylation sites (tertiary alicyclic amines) is 1. The summed E-state index contributed by atoms with van der Waals surface area (Å²) in [6, 6.07) is 18.3. The molecule has 1 saturated heterocycles. The van der Waals surface area contributed by atoms with Crippen molar-refractivity contribution in [3.8, 4) is 5.75 Å². The number of rotatable bonds is 9. The van der Waals surface area contributed by atoms with Crippen LogP contribution in [0.1, 0.15) is 41.4 Å². The molecular weight excluding hydrogens is 429 g/mol. The number of halogens is 1.